The van der Waals surface area contributed by atoms with E-state index < -0.39 is 5.97 Å². The van der Waals surface area contributed by atoms with Gasteiger partial charge in [-0.3, -0.25) is 0 Å². The number of hydrogen-bond donors (Lipinski definition) is 1. The van der Waals surface area contributed by atoms with Gasteiger partial charge in [-0.1, -0.05) is 12.1 Å². The average molecular weight is 221 g/mol. The van der Waals surface area contributed by atoms with Gasteiger partial charge in [0.25, 0.3) is 0 Å². The average Bonchev–Trinajstić information content (AvgIpc) is 2.59. The second-order valence-corrected chi connectivity index (χ2v) is 3.68. The van der Waals surface area contributed by atoms with Crippen molar-refractivity contribution in [3.63, 3.8) is 0 Å². The zero-order valence-corrected chi connectivity index (χ0v) is 8.71. The summed E-state index contributed by atoms with van der Waals surface area (Å²) in [5, 5.41) is 8.73. The molecule has 0 aromatic heterocycles. The standard InChI is InChI=1S/C11H11NO4/c1-12-6-9(16-11(12)15)7-2-4-8(5-3-7)10(13)14/h2-5,9H,6H2,1H3,(H,13,14). The molecule has 1 aliphatic heterocycles. The van der Waals surface area contributed by atoms with E-state index in [4.69, 9.17) is 9.84 Å². The van der Waals surface area contributed by atoms with E-state index in [0.717, 1.165) is 5.56 Å². The van der Waals surface area contributed by atoms with Crippen molar-refractivity contribution in [1.29, 1.82) is 0 Å². The molecule has 0 radical (unpaired) electrons. The number of nitrogens with zero attached hydrogens (tertiary/aromatic N) is 1. The van der Waals surface area contributed by atoms with E-state index in [-0.39, 0.29) is 17.8 Å². The van der Waals surface area contributed by atoms with Crippen LogP contribution in [-0.4, -0.2) is 35.7 Å². The van der Waals surface area contributed by atoms with E-state index in [9.17, 15) is 9.59 Å². The third-order valence-corrected chi connectivity index (χ3v) is 2.52. The van der Waals surface area contributed by atoms with Gasteiger partial charge in [-0.15, -0.1) is 0 Å². The second kappa shape index (κ2) is 3.84. The molecule has 1 saturated heterocycles. The molecule has 0 aliphatic carbocycles. The van der Waals surface area contributed by atoms with Crippen molar-refractivity contribution >= 4 is 12.1 Å². The molecule has 16 heavy (non-hydrogen) atoms. The fraction of sp³-hybridized carbons (Fsp3) is 0.273. The maximum absolute atomic E-state index is 11.1. The molecule has 1 aromatic carbocycles. The van der Waals surface area contributed by atoms with Gasteiger partial charge in [0.15, 0.2) is 0 Å². The van der Waals surface area contributed by atoms with Crippen LogP contribution in [0.4, 0.5) is 4.79 Å². The van der Waals surface area contributed by atoms with E-state index >= 15 is 0 Å². The summed E-state index contributed by atoms with van der Waals surface area (Å²) < 4.78 is 5.10. The van der Waals surface area contributed by atoms with E-state index in [1.807, 2.05) is 0 Å². The third-order valence-electron chi connectivity index (χ3n) is 2.52. The lowest BCUT2D eigenvalue weighted by Gasteiger charge is -2.08. The summed E-state index contributed by atoms with van der Waals surface area (Å²) in [4.78, 5) is 23.3. The normalized spacial score (nSPS) is 19.7. The van der Waals surface area contributed by atoms with E-state index in [0.29, 0.717) is 6.54 Å². The van der Waals surface area contributed by atoms with Gasteiger partial charge in [0, 0.05) is 7.05 Å². The number of ether oxygens (including phenoxy) is 1. The molecular weight excluding hydrogens is 210 g/mol. The number of cyclic esters (lactones) is 1. The molecule has 2 rings (SSSR count). The summed E-state index contributed by atoms with van der Waals surface area (Å²) in [6, 6.07) is 6.34. The Kier molecular flexibility index (Phi) is 2.52. The van der Waals surface area contributed by atoms with Crippen LogP contribution < -0.4 is 0 Å². The minimum atomic E-state index is -0.966. The first-order chi connectivity index (χ1) is 7.58. The quantitative estimate of drug-likeness (QED) is 0.821. The van der Waals surface area contributed by atoms with Crippen molar-refractivity contribution in [2.24, 2.45) is 0 Å². The second-order valence-electron chi connectivity index (χ2n) is 3.68. The molecule has 5 heteroatoms. The Balaban J connectivity index is 2.17. The van der Waals surface area contributed by atoms with Crippen LogP contribution in [-0.2, 0) is 4.74 Å². The Morgan fingerprint density at radius 1 is 1.44 bits per heavy atom. The number of carbonyl (C=O) groups is 2. The van der Waals surface area contributed by atoms with Crippen LogP contribution in [0.25, 0.3) is 0 Å². The maximum atomic E-state index is 11.1. The number of carboxylic acids is 1. The lowest BCUT2D eigenvalue weighted by atomic mass is 10.1. The Morgan fingerprint density at radius 3 is 2.50 bits per heavy atom. The zero-order chi connectivity index (χ0) is 11.7. The number of likely N-dealkylation sites (N-methyl/N-ethyl adjacent to an activating group) is 1. The SMILES string of the molecule is CN1CC(c2ccc(C(=O)O)cc2)OC1=O. The van der Waals surface area contributed by atoms with Gasteiger partial charge in [0.05, 0.1) is 12.1 Å². The highest BCUT2D eigenvalue weighted by atomic mass is 16.6. The molecule has 0 bridgehead atoms. The van der Waals surface area contributed by atoms with Crippen LogP contribution in [0.3, 0.4) is 0 Å². The molecule has 1 atom stereocenters. The summed E-state index contributed by atoms with van der Waals surface area (Å²) in [7, 11) is 1.66. The van der Waals surface area contributed by atoms with Gasteiger partial charge >= 0.3 is 12.1 Å². The summed E-state index contributed by atoms with van der Waals surface area (Å²) >= 11 is 0. The van der Waals surface area contributed by atoms with Crippen molar-refractivity contribution in [2.45, 2.75) is 6.10 Å². The van der Waals surface area contributed by atoms with Crippen molar-refractivity contribution in [2.75, 3.05) is 13.6 Å². The van der Waals surface area contributed by atoms with Crippen LogP contribution in [0.2, 0.25) is 0 Å². The number of amides is 1. The first kappa shape index (κ1) is 10.5. The number of rotatable bonds is 2. The van der Waals surface area contributed by atoms with Gasteiger partial charge in [0.1, 0.15) is 6.10 Å². The van der Waals surface area contributed by atoms with Gasteiger partial charge < -0.3 is 14.7 Å². The van der Waals surface area contributed by atoms with Gasteiger partial charge in [-0.25, -0.2) is 9.59 Å². The molecule has 84 valence electrons. The molecule has 1 unspecified atom stereocenters. The lowest BCUT2D eigenvalue weighted by Crippen LogP contribution is -2.17. The monoisotopic (exact) mass is 221 g/mol. The fourth-order valence-electron chi connectivity index (χ4n) is 1.59. The molecule has 1 N–H and O–H groups in total. The summed E-state index contributed by atoms with van der Waals surface area (Å²) in [6.07, 6.45) is -0.660. The highest BCUT2D eigenvalue weighted by Gasteiger charge is 2.29. The highest BCUT2D eigenvalue weighted by Crippen LogP contribution is 2.25. The Bertz CT molecular complexity index is 426. The molecule has 1 aliphatic rings. The molecule has 0 spiro atoms. The van der Waals surface area contributed by atoms with Crippen LogP contribution >= 0.6 is 0 Å². The molecule has 0 saturated carbocycles. The zero-order valence-electron chi connectivity index (χ0n) is 8.71. The number of aromatic carboxylic acids is 1. The maximum Gasteiger partial charge on any atom is 0.410 e. The first-order valence-electron chi connectivity index (χ1n) is 4.83. The molecule has 5 nitrogen and oxygen atoms in total. The molecular formula is C11H11NO4. The molecule has 1 heterocycles. The van der Waals surface area contributed by atoms with Crippen molar-refractivity contribution in [1.82, 2.24) is 4.90 Å². The summed E-state index contributed by atoms with van der Waals surface area (Å²) in [6.45, 7) is 0.491. The fourth-order valence-corrected chi connectivity index (χ4v) is 1.59. The smallest absolute Gasteiger partial charge is 0.410 e. The Morgan fingerprint density at radius 2 is 2.06 bits per heavy atom. The van der Waals surface area contributed by atoms with Gasteiger partial charge in [0.2, 0.25) is 0 Å². The Labute approximate surface area is 92.2 Å². The van der Waals surface area contributed by atoms with E-state index in [2.05, 4.69) is 0 Å². The van der Waals surface area contributed by atoms with Crippen LogP contribution in [0.5, 0.6) is 0 Å². The van der Waals surface area contributed by atoms with E-state index in [1.165, 1.54) is 17.0 Å². The van der Waals surface area contributed by atoms with Crippen molar-refractivity contribution in [3.05, 3.63) is 35.4 Å². The van der Waals surface area contributed by atoms with Crippen LogP contribution in [0.15, 0.2) is 24.3 Å². The minimum absolute atomic E-state index is 0.224. The summed E-state index contributed by atoms with van der Waals surface area (Å²) in [5.41, 5.74) is 1.03. The lowest BCUT2D eigenvalue weighted by molar-refractivity contribution is 0.0696. The minimum Gasteiger partial charge on any atom is -0.478 e. The predicted octanol–water partition coefficient (Wildman–Crippen LogP) is 1.51. The number of carbonyl (C=O) groups excluding carboxylic acids is 1. The van der Waals surface area contributed by atoms with Gasteiger partial charge in [-0.2, -0.15) is 0 Å². The van der Waals surface area contributed by atoms with Crippen LogP contribution in [0, 0.1) is 0 Å². The highest BCUT2D eigenvalue weighted by molar-refractivity contribution is 5.87. The number of benzene rings is 1. The van der Waals surface area contributed by atoms with Crippen LogP contribution in [0.1, 0.15) is 22.0 Å². The largest absolute Gasteiger partial charge is 0.478 e. The van der Waals surface area contributed by atoms with Gasteiger partial charge in [-0.05, 0) is 17.7 Å². The number of carboxylic acid groups (broad SMARTS) is 1. The molecule has 1 fully saturated rings. The van der Waals surface area contributed by atoms with E-state index in [1.54, 1.807) is 19.2 Å². The molecule has 1 aromatic rings. The topological polar surface area (TPSA) is 66.8 Å². The molecule has 1 amide bonds. The predicted molar refractivity (Wildman–Crippen MR) is 55.3 cm³/mol. The number of hydrogen-bond acceptors (Lipinski definition) is 3. The third kappa shape index (κ3) is 1.84. The van der Waals surface area contributed by atoms with Crippen molar-refractivity contribution < 1.29 is 19.4 Å². The first-order valence-corrected chi connectivity index (χ1v) is 4.83. The summed E-state index contributed by atoms with van der Waals surface area (Å²) in [5.74, 6) is -0.966. The Hall–Kier alpha value is -2.04. The van der Waals surface area contributed by atoms with Crippen molar-refractivity contribution in [3.8, 4) is 0 Å².